The largest absolute Gasteiger partial charge is 0.337 e. The molecule has 1 aliphatic heterocycles. The first-order valence-corrected chi connectivity index (χ1v) is 7.74. The average molecular weight is 306 g/mol. The van der Waals surface area contributed by atoms with Crippen molar-refractivity contribution in [3.05, 3.63) is 72.1 Å². The summed E-state index contributed by atoms with van der Waals surface area (Å²) >= 11 is 0. The maximum absolute atomic E-state index is 12.8. The van der Waals surface area contributed by atoms with Crippen molar-refractivity contribution >= 4 is 5.91 Å². The molecule has 116 valence electrons. The second-order valence-electron chi connectivity index (χ2n) is 5.87. The van der Waals surface area contributed by atoms with E-state index in [4.69, 9.17) is 0 Å². The SMILES string of the molecule is Cn1cnc2c1CCN(C(=O)c1cccc(-n3cccc3)c1)C2. The summed E-state index contributed by atoms with van der Waals surface area (Å²) < 4.78 is 4.05. The van der Waals surface area contributed by atoms with Crippen molar-refractivity contribution in [3.8, 4) is 5.69 Å². The highest BCUT2D eigenvalue weighted by Gasteiger charge is 2.24. The zero-order valence-electron chi connectivity index (χ0n) is 13.0. The van der Waals surface area contributed by atoms with Gasteiger partial charge in [-0.25, -0.2) is 4.98 Å². The predicted molar refractivity (Wildman–Crippen MR) is 87.4 cm³/mol. The number of fused-ring (bicyclic) bond motifs is 1. The number of aryl methyl sites for hydroxylation is 1. The first-order valence-electron chi connectivity index (χ1n) is 7.74. The second-order valence-corrected chi connectivity index (χ2v) is 5.87. The Hall–Kier alpha value is -2.82. The Kier molecular flexibility index (Phi) is 3.26. The van der Waals surface area contributed by atoms with Gasteiger partial charge in [0, 0.05) is 49.4 Å². The van der Waals surface area contributed by atoms with E-state index in [0.29, 0.717) is 6.54 Å². The number of hydrogen-bond acceptors (Lipinski definition) is 2. The van der Waals surface area contributed by atoms with Gasteiger partial charge in [-0.3, -0.25) is 4.79 Å². The van der Waals surface area contributed by atoms with Gasteiger partial charge >= 0.3 is 0 Å². The van der Waals surface area contributed by atoms with E-state index in [2.05, 4.69) is 4.98 Å². The molecular formula is C18H18N4O. The molecule has 1 amide bonds. The molecule has 0 spiro atoms. The Balaban J connectivity index is 1.59. The van der Waals surface area contributed by atoms with E-state index in [9.17, 15) is 4.79 Å². The highest BCUT2D eigenvalue weighted by molar-refractivity contribution is 5.94. The number of carbonyl (C=O) groups excluding carboxylic acids is 1. The van der Waals surface area contributed by atoms with Crippen LogP contribution < -0.4 is 0 Å². The lowest BCUT2D eigenvalue weighted by atomic mass is 10.1. The zero-order chi connectivity index (χ0) is 15.8. The molecule has 0 radical (unpaired) electrons. The van der Waals surface area contributed by atoms with E-state index < -0.39 is 0 Å². The third kappa shape index (κ3) is 2.44. The van der Waals surface area contributed by atoms with Crippen LogP contribution in [-0.4, -0.2) is 31.5 Å². The van der Waals surface area contributed by atoms with Crippen LogP contribution in [0.25, 0.3) is 5.69 Å². The molecule has 3 heterocycles. The molecular weight excluding hydrogens is 288 g/mol. The molecule has 4 rings (SSSR count). The summed E-state index contributed by atoms with van der Waals surface area (Å²) in [6.45, 7) is 1.32. The molecule has 0 unspecified atom stereocenters. The number of hydrogen-bond donors (Lipinski definition) is 0. The van der Waals surface area contributed by atoms with Crippen LogP contribution in [0, 0.1) is 0 Å². The highest BCUT2D eigenvalue weighted by Crippen LogP contribution is 2.20. The quantitative estimate of drug-likeness (QED) is 0.730. The Bertz CT molecular complexity index is 848. The molecule has 0 saturated heterocycles. The molecule has 0 atom stereocenters. The molecule has 1 aliphatic rings. The Morgan fingerprint density at radius 2 is 2.00 bits per heavy atom. The fourth-order valence-electron chi connectivity index (χ4n) is 3.12. The molecule has 1 aromatic carbocycles. The lowest BCUT2D eigenvalue weighted by molar-refractivity contribution is 0.0731. The summed E-state index contributed by atoms with van der Waals surface area (Å²) in [5.41, 5.74) is 3.95. The third-order valence-corrected chi connectivity index (χ3v) is 4.39. The van der Waals surface area contributed by atoms with Gasteiger partial charge in [0.2, 0.25) is 0 Å². The first kappa shape index (κ1) is 13.8. The van der Waals surface area contributed by atoms with Gasteiger partial charge in [-0.15, -0.1) is 0 Å². The molecule has 0 bridgehead atoms. The number of rotatable bonds is 2. The summed E-state index contributed by atoms with van der Waals surface area (Å²) in [6.07, 6.45) is 6.63. The van der Waals surface area contributed by atoms with Crippen LogP contribution in [0.3, 0.4) is 0 Å². The number of imidazole rings is 1. The van der Waals surface area contributed by atoms with Gasteiger partial charge < -0.3 is 14.0 Å². The van der Waals surface area contributed by atoms with Crippen LogP contribution in [0.2, 0.25) is 0 Å². The Morgan fingerprint density at radius 1 is 1.17 bits per heavy atom. The van der Waals surface area contributed by atoms with Gasteiger partial charge in [0.25, 0.3) is 5.91 Å². The monoisotopic (exact) mass is 306 g/mol. The van der Waals surface area contributed by atoms with Gasteiger partial charge in [0.1, 0.15) is 0 Å². The van der Waals surface area contributed by atoms with Crippen LogP contribution in [0.15, 0.2) is 55.1 Å². The van der Waals surface area contributed by atoms with E-state index in [1.54, 1.807) is 0 Å². The minimum absolute atomic E-state index is 0.0651. The summed E-state index contributed by atoms with van der Waals surface area (Å²) in [5, 5.41) is 0. The fraction of sp³-hybridized carbons (Fsp3) is 0.222. The van der Waals surface area contributed by atoms with Gasteiger partial charge in [-0.2, -0.15) is 0 Å². The molecule has 2 aromatic heterocycles. The minimum Gasteiger partial charge on any atom is -0.337 e. The molecule has 5 heteroatoms. The number of aromatic nitrogens is 3. The summed E-state index contributed by atoms with van der Waals surface area (Å²) in [4.78, 5) is 19.1. The number of nitrogens with zero attached hydrogens (tertiary/aromatic N) is 4. The number of amides is 1. The third-order valence-electron chi connectivity index (χ3n) is 4.39. The van der Waals surface area contributed by atoms with Crippen molar-refractivity contribution in [1.29, 1.82) is 0 Å². The summed E-state index contributed by atoms with van der Waals surface area (Å²) in [7, 11) is 2.00. The van der Waals surface area contributed by atoms with Crippen molar-refractivity contribution < 1.29 is 4.79 Å². The van der Waals surface area contributed by atoms with Gasteiger partial charge in [-0.05, 0) is 30.3 Å². The van der Waals surface area contributed by atoms with Crippen molar-refractivity contribution in [2.45, 2.75) is 13.0 Å². The fourth-order valence-corrected chi connectivity index (χ4v) is 3.12. The van der Waals surface area contributed by atoms with Gasteiger partial charge in [-0.1, -0.05) is 6.07 Å². The van der Waals surface area contributed by atoms with Crippen molar-refractivity contribution in [2.75, 3.05) is 6.54 Å². The standard InChI is InChI=1S/C18H18N4O/c1-20-13-19-16-12-22(10-7-17(16)20)18(23)14-5-4-6-15(11-14)21-8-2-3-9-21/h2-6,8-9,11,13H,7,10,12H2,1H3. The van der Waals surface area contributed by atoms with Crippen LogP contribution in [0.4, 0.5) is 0 Å². The van der Waals surface area contributed by atoms with E-state index in [-0.39, 0.29) is 5.91 Å². The van der Waals surface area contributed by atoms with Gasteiger partial charge in [0.15, 0.2) is 0 Å². The molecule has 0 N–H and O–H groups in total. The number of benzene rings is 1. The summed E-state index contributed by atoms with van der Waals surface area (Å²) in [6, 6.07) is 11.7. The van der Waals surface area contributed by atoms with Crippen LogP contribution in [0.1, 0.15) is 21.7 Å². The molecule has 23 heavy (non-hydrogen) atoms. The average Bonchev–Trinajstić information content (AvgIpc) is 3.24. The summed E-state index contributed by atoms with van der Waals surface area (Å²) in [5.74, 6) is 0.0651. The van der Waals surface area contributed by atoms with Crippen molar-refractivity contribution in [1.82, 2.24) is 19.0 Å². The van der Waals surface area contributed by atoms with Crippen LogP contribution in [-0.2, 0) is 20.0 Å². The van der Waals surface area contributed by atoms with E-state index in [0.717, 1.165) is 29.9 Å². The van der Waals surface area contributed by atoms with Crippen LogP contribution >= 0.6 is 0 Å². The van der Waals surface area contributed by atoms with E-state index in [1.165, 1.54) is 5.69 Å². The Labute approximate surface area is 134 Å². The first-order chi connectivity index (χ1) is 11.2. The topological polar surface area (TPSA) is 43.1 Å². The van der Waals surface area contributed by atoms with E-state index in [1.807, 2.05) is 76.2 Å². The maximum atomic E-state index is 12.8. The highest BCUT2D eigenvalue weighted by atomic mass is 16.2. The molecule has 3 aromatic rings. The minimum atomic E-state index is 0.0651. The number of carbonyl (C=O) groups is 1. The molecule has 0 aliphatic carbocycles. The predicted octanol–water partition coefficient (Wildman–Crippen LogP) is 2.41. The lowest BCUT2D eigenvalue weighted by Gasteiger charge is -2.27. The molecule has 5 nitrogen and oxygen atoms in total. The molecule has 0 saturated carbocycles. The molecule has 0 fully saturated rings. The van der Waals surface area contributed by atoms with Crippen molar-refractivity contribution in [3.63, 3.8) is 0 Å². The normalized spacial score (nSPS) is 13.9. The second kappa shape index (κ2) is 5.43. The smallest absolute Gasteiger partial charge is 0.254 e. The lowest BCUT2D eigenvalue weighted by Crippen LogP contribution is -2.36. The Morgan fingerprint density at radius 3 is 2.83 bits per heavy atom. The van der Waals surface area contributed by atoms with Crippen LogP contribution in [0.5, 0.6) is 0 Å². The zero-order valence-corrected chi connectivity index (χ0v) is 13.0. The van der Waals surface area contributed by atoms with E-state index >= 15 is 0 Å². The maximum Gasteiger partial charge on any atom is 0.254 e. The van der Waals surface area contributed by atoms with Crippen molar-refractivity contribution in [2.24, 2.45) is 7.05 Å². The van der Waals surface area contributed by atoms with Gasteiger partial charge in [0.05, 0.1) is 18.6 Å².